The average Bonchev–Trinajstić information content (AvgIpc) is 3.23. The number of hydrogen-bond acceptors (Lipinski definition) is 6. The average molecular weight is 330 g/mol. The highest BCUT2D eigenvalue weighted by Gasteiger charge is 2.33. The maximum Gasteiger partial charge on any atom is 0.356 e. The summed E-state index contributed by atoms with van der Waals surface area (Å²) >= 11 is 1.42. The Morgan fingerprint density at radius 1 is 1.26 bits per heavy atom. The number of rotatable bonds is 5. The van der Waals surface area contributed by atoms with Crippen molar-refractivity contribution >= 4 is 40.5 Å². The van der Waals surface area contributed by atoms with Crippen LogP contribution in [-0.2, 0) is 4.79 Å². The first-order valence-electron chi connectivity index (χ1n) is 7.03. The van der Waals surface area contributed by atoms with E-state index in [1.807, 2.05) is 5.38 Å². The molecule has 3 rings (SSSR count). The highest BCUT2D eigenvalue weighted by Crippen LogP contribution is 2.33. The van der Waals surface area contributed by atoms with Gasteiger partial charge in [0.2, 0.25) is 5.91 Å². The molecule has 1 N–H and O–H groups in total. The standard InChI is InChI=1S/C15H14N4O3S/c1-9(20)19(12-4-5-12)15-18-11(8-23-15)3-2-10-6-17-13(7-16-10)14(21)22/h2-3,6-8,12H,4-5H2,1H3,(H,21,22)/b3-2+. The van der Waals surface area contributed by atoms with Crippen LogP contribution in [0.2, 0.25) is 0 Å². The summed E-state index contributed by atoms with van der Waals surface area (Å²) in [6.07, 6.45) is 8.10. The van der Waals surface area contributed by atoms with Crippen molar-refractivity contribution in [2.24, 2.45) is 0 Å². The summed E-state index contributed by atoms with van der Waals surface area (Å²) in [4.78, 5) is 36.4. The highest BCUT2D eigenvalue weighted by atomic mass is 32.1. The fraction of sp³-hybridized carbons (Fsp3) is 0.267. The van der Waals surface area contributed by atoms with E-state index < -0.39 is 5.97 Å². The molecule has 7 nitrogen and oxygen atoms in total. The molecule has 0 radical (unpaired) electrons. The van der Waals surface area contributed by atoms with E-state index in [1.54, 1.807) is 24.0 Å². The third kappa shape index (κ3) is 3.59. The predicted octanol–water partition coefficient (Wildman–Crippen LogP) is 2.32. The Labute approximate surface area is 136 Å². The molecule has 8 heteroatoms. The molecule has 1 aliphatic carbocycles. The molecule has 0 aromatic carbocycles. The van der Waals surface area contributed by atoms with Gasteiger partial charge in [0, 0.05) is 18.3 Å². The zero-order valence-corrected chi connectivity index (χ0v) is 13.2. The van der Waals surface area contributed by atoms with E-state index in [2.05, 4.69) is 15.0 Å². The third-order valence-electron chi connectivity index (χ3n) is 3.28. The Morgan fingerprint density at radius 3 is 2.57 bits per heavy atom. The van der Waals surface area contributed by atoms with Gasteiger partial charge in [-0.2, -0.15) is 0 Å². The number of carboxylic acid groups (broad SMARTS) is 1. The van der Waals surface area contributed by atoms with Crippen molar-refractivity contribution in [2.45, 2.75) is 25.8 Å². The predicted molar refractivity (Wildman–Crippen MR) is 86.2 cm³/mol. The quantitative estimate of drug-likeness (QED) is 0.903. The van der Waals surface area contributed by atoms with Gasteiger partial charge in [-0.25, -0.2) is 14.8 Å². The van der Waals surface area contributed by atoms with Crippen molar-refractivity contribution in [3.63, 3.8) is 0 Å². The topological polar surface area (TPSA) is 96.3 Å². The van der Waals surface area contributed by atoms with Gasteiger partial charge in [0.05, 0.1) is 23.8 Å². The zero-order valence-electron chi connectivity index (χ0n) is 12.3. The molecule has 0 spiro atoms. The van der Waals surface area contributed by atoms with Crippen LogP contribution in [0.15, 0.2) is 17.8 Å². The monoisotopic (exact) mass is 330 g/mol. The molecule has 118 valence electrons. The second kappa shape index (κ2) is 6.25. The molecular weight excluding hydrogens is 316 g/mol. The summed E-state index contributed by atoms with van der Waals surface area (Å²) in [6.45, 7) is 1.55. The van der Waals surface area contributed by atoms with Crippen molar-refractivity contribution in [2.75, 3.05) is 4.90 Å². The minimum Gasteiger partial charge on any atom is -0.476 e. The Hall–Kier alpha value is -2.61. The van der Waals surface area contributed by atoms with Crippen LogP contribution >= 0.6 is 11.3 Å². The van der Waals surface area contributed by atoms with Crippen LogP contribution in [0.5, 0.6) is 0 Å². The number of aromatic nitrogens is 3. The van der Waals surface area contributed by atoms with E-state index in [-0.39, 0.29) is 17.6 Å². The van der Waals surface area contributed by atoms with Crippen molar-refractivity contribution in [1.29, 1.82) is 0 Å². The number of thiazole rings is 1. The number of hydrogen-bond donors (Lipinski definition) is 1. The summed E-state index contributed by atoms with van der Waals surface area (Å²) in [5, 5.41) is 11.3. The molecule has 0 aliphatic heterocycles. The van der Waals surface area contributed by atoms with Crippen molar-refractivity contribution < 1.29 is 14.7 Å². The maximum atomic E-state index is 11.7. The van der Waals surface area contributed by atoms with E-state index in [4.69, 9.17) is 5.11 Å². The zero-order chi connectivity index (χ0) is 16.4. The van der Waals surface area contributed by atoms with Crippen LogP contribution in [0.3, 0.4) is 0 Å². The number of carbonyl (C=O) groups excluding carboxylic acids is 1. The number of anilines is 1. The lowest BCUT2D eigenvalue weighted by Crippen LogP contribution is -2.30. The maximum absolute atomic E-state index is 11.7. The first-order chi connectivity index (χ1) is 11.0. The van der Waals surface area contributed by atoms with Gasteiger partial charge in [-0.1, -0.05) is 0 Å². The van der Waals surface area contributed by atoms with E-state index in [0.717, 1.165) is 18.5 Å². The van der Waals surface area contributed by atoms with Crippen molar-refractivity contribution in [1.82, 2.24) is 15.0 Å². The summed E-state index contributed by atoms with van der Waals surface area (Å²) < 4.78 is 0. The van der Waals surface area contributed by atoms with Gasteiger partial charge in [0.15, 0.2) is 10.8 Å². The van der Waals surface area contributed by atoms with E-state index in [9.17, 15) is 9.59 Å². The van der Waals surface area contributed by atoms with Crippen LogP contribution in [0.4, 0.5) is 5.13 Å². The normalized spacial score (nSPS) is 14.1. The van der Waals surface area contributed by atoms with Gasteiger partial charge in [-0.3, -0.25) is 14.7 Å². The second-order valence-electron chi connectivity index (χ2n) is 5.14. The van der Waals surface area contributed by atoms with Crippen LogP contribution in [0.1, 0.15) is 41.6 Å². The molecular formula is C15H14N4O3S. The molecule has 1 fully saturated rings. The van der Waals surface area contributed by atoms with E-state index in [1.165, 1.54) is 23.7 Å². The van der Waals surface area contributed by atoms with Gasteiger partial charge in [-0.05, 0) is 25.0 Å². The molecule has 2 aromatic heterocycles. The SMILES string of the molecule is CC(=O)N(c1nc(/C=C/c2cnc(C(=O)O)cn2)cs1)C1CC1. The lowest BCUT2D eigenvalue weighted by atomic mass is 10.3. The number of carboxylic acids is 1. The molecule has 1 aliphatic rings. The Kier molecular flexibility index (Phi) is 4.16. The molecule has 1 amide bonds. The fourth-order valence-corrected chi connectivity index (χ4v) is 2.96. The smallest absolute Gasteiger partial charge is 0.356 e. The van der Waals surface area contributed by atoms with E-state index >= 15 is 0 Å². The van der Waals surface area contributed by atoms with Gasteiger partial charge in [0.1, 0.15) is 0 Å². The summed E-state index contributed by atoms with van der Waals surface area (Å²) in [5.74, 6) is -1.10. The van der Waals surface area contributed by atoms with E-state index in [0.29, 0.717) is 10.8 Å². The van der Waals surface area contributed by atoms with Crippen LogP contribution in [-0.4, -0.2) is 38.0 Å². The Morgan fingerprint density at radius 2 is 2.00 bits per heavy atom. The lowest BCUT2D eigenvalue weighted by molar-refractivity contribution is -0.116. The Bertz CT molecular complexity index is 765. The third-order valence-corrected chi connectivity index (χ3v) is 4.14. The minimum atomic E-state index is -1.11. The molecule has 0 saturated heterocycles. The number of aromatic carboxylic acids is 1. The molecule has 23 heavy (non-hydrogen) atoms. The molecule has 2 aromatic rings. The minimum absolute atomic E-state index is 0.00695. The fourth-order valence-electron chi connectivity index (χ4n) is 2.05. The molecule has 1 saturated carbocycles. The number of nitrogens with zero attached hydrogens (tertiary/aromatic N) is 4. The molecule has 0 bridgehead atoms. The molecule has 0 atom stereocenters. The van der Waals surface area contributed by atoms with Crippen LogP contribution < -0.4 is 4.90 Å². The summed E-state index contributed by atoms with van der Waals surface area (Å²) in [6, 6.07) is 0.282. The largest absolute Gasteiger partial charge is 0.476 e. The van der Waals surface area contributed by atoms with Crippen LogP contribution in [0, 0.1) is 0 Å². The van der Waals surface area contributed by atoms with Crippen molar-refractivity contribution in [3.05, 3.63) is 34.9 Å². The highest BCUT2D eigenvalue weighted by molar-refractivity contribution is 7.14. The first kappa shape index (κ1) is 15.3. The Balaban J connectivity index is 1.73. The molecule has 0 unspecified atom stereocenters. The van der Waals surface area contributed by atoms with Gasteiger partial charge < -0.3 is 5.11 Å². The first-order valence-corrected chi connectivity index (χ1v) is 7.91. The lowest BCUT2D eigenvalue weighted by Gasteiger charge is -2.16. The van der Waals surface area contributed by atoms with Gasteiger partial charge in [0.25, 0.3) is 0 Å². The summed E-state index contributed by atoms with van der Waals surface area (Å²) in [5.41, 5.74) is 1.16. The summed E-state index contributed by atoms with van der Waals surface area (Å²) in [7, 11) is 0. The van der Waals surface area contributed by atoms with Gasteiger partial charge in [-0.15, -0.1) is 11.3 Å². The van der Waals surface area contributed by atoms with Crippen LogP contribution in [0.25, 0.3) is 12.2 Å². The molecule has 2 heterocycles. The second-order valence-corrected chi connectivity index (χ2v) is 5.98. The number of carbonyl (C=O) groups is 2. The van der Waals surface area contributed by atoms with Gasteiger partial charge >= 0.3 is 5.97 Å². The number of amides is 1. The van der Waals surface area contributed by atoms with Crippen molar-refractivity contribution in [3.8, 4) is 0 Å².